The van der Waals surface area contributed by atoms with E-state index in [4.69, 9.17) is 16.0 Å². The second kappa shape index (κ2) is 11.2. The summed E-state index contributed by atoms with van der Waals surface area (Å²) >= 11 is 0. The molecule has 34 heavy (non-hydrogen) atoms. The van der Waals surface area contributed by atoms with Crippen LogP contribution in [-0.2, 0) is 13.0 Å². The van der Waals surface area contributed by atoms with Crippen LogP contribution in [0.15, 0.2) is 71.0 Å². The van der Waals surface area contributed by atoms with Gasteiger partial charge in [0.25, 0.3) is 0 Å². The zero-order valence-corrected chi connectivity index (χ0v) is 19.2. The Balaban J connectivity index is 1.81. The SMILES string of the molecule is CCCc1c(OCc2cccc(C(O)c3cccc(C(=N)N=NN)c3)c2)ccc(C(C)=O)c1O. The number of nitrogens with two attached hydrogens (primary N) is 1. The van der Waals surface area contributed by atoms with E-state index in [1.54, 1.807) is 36.4 Å². The minimum atomic E-state index is -0.919. The van der Waals surface area contributed by atoms with Crippen LogP contribution in [0.2, 0.25) is 0 Å². The Hall–Kier alpha value is -4.04. The molecule has 1 atom stereocenters. The van der Waals surface area contributed by atoms with Crippen LogP contribution < -0.4 is 10.6 Å². The summed E-state index contributed by atoms with van der Waals surface area (Å²) in [6.45, 7) is 3.63. The molecule has 0 bridgehead atoms. The number of benzene rings is 3. The number of hydrogen-bond donors (Lipinski definition) is 4. The van der Waals surface area contributed by atoms with Crippen LogP contribution in [0.4, 0.5) is 0 Å². The van der Waals surface area contributed by atoms with Crippen LogP contribution in [0.5, 0.6) is 11.5 Å². The summed E-state index contributed by atoms with van der Waals surface area (Å²) < 4.78 is 5.99. The van der Waals surface area contributed by atoms with Gasteiger partial charge < -0.3 is 20.8 Å². The fraction of sp³-hybridized carbons (Fsp3) is 0.231. The molecule has 176 valence electrons. The van der Waals surface area contributed by atoms with Gasteiger partial charge in [0.05, 0.1) is 5.56 Å². The predicted molar refractivity (Wildman–Crippen MR) is 129 cm³/mol. The molecule has 0 saturated heterocycles. The zero-order chi connectivity index (χ0) is 24.7. The quantitative estimate of drug-likeness (QED) is 0.0901. The van der Waals surface area contributed by atoms with Gasteiger partial charge in [-0.15, -0.1) is 5.11 Å². The monoisotopic (exact) mass is 460 g/mol. The van der Waals surface area contributed by atoms with Crippen molar-refractivity contribution in [3.63, 3.8) is 0 Å². The Kier molecular flexibility index (Phi) is 8.10. The number of carbonyl (C=O) groups is 1. The van der Waals surface area contributed by atoms with Gasteiger partial charge in [-0.3, -0.25) is 10.2 Å². The molecular formula is C26H28N4O4. The molecule has 0 heterocycles. The minimum absolute atomic E-state index is 0.0318. The van der Waals surface area contributed by atoms with Crippen LogP contribution in [0, 0.1) is 5.41 Å². The summed E-state index contributed by atoms with van der Waals surface area (Å²) in [6.07, 6.45) is 0.448. The predicted octanol–water partition coefficient (Wildman–Crippen LogP) is 4.86. The second-order valence-electron chi connectivity index (χ2n) is 7.87. The first-order valence-corrected chi connectivity index (χ1v) is 10.9. The molecule has 0 amide bonds. The molecule has 8 nitrogen and oxygen atoms in total. The number of nitrogens with one attached hydrogen (secondary N) is 1. The lowest BCUT2D eigenvalue weighted by atomic mass is 9.98. The van der Waals surface area contributed by atoms with E-state index in [1.165, 1.54) is 6.92 Å². The van der Waals surface area contributed by atoms with Gasteiger partial charge in [0, 0.05) is 11.1 Å². The fourth-order valence-corrected chi connectivity index (χ4v) is 3.71. The highest BCUT2D eigenvalue weighted by Gasteiger charge is 2.17. The average molecular weight is 461 g/mol. The highest BCUT2D eigenvalue weighted by molar-refractivity contribution is 5.97. The third kappa shape index (κ3) is 5.65. The second-order valence-corrected chi connectivity index (χ2v) is 7.87. The summed E-state index contributed by atoms with van der Waals surface area (Å²) in [5.74, 6) is 5.22. The number of amidine groups is 1. The van der Waals surface area contributed by atoms with E-state index in [0.717, 1.165) is 12.0 Å². The summed E-state index contributed by atoms with van der Waals surface area (Å²) in [7, 11) is 0. The molecule has 1 unspecified atom stereocenters. The van der Waals surface area contributed by atoms with Gasteiger partial charge >= 0.3 is 0 Å². The van der Waals surface area contributed by atoms with E-state index in [2.05, 4.69) is 10.3 Å². The number of ether oxygens (including phenoxy) is 1. The van der Waals surface area contributed by atoms with Crippen LogP contribution >= 0.6 is 0 Å². The molecule has 0 aliphatic rings. The van der Waals surface area contributed by atoms with Crippen molar-refractivity contribution in [3.05, 3.63) is 94.0 Å². The first-order chi connectivity index (χ1) is 16.3. The minimum Gasteiger partial charge on any atom is -0.507 e. The Morgan fingerprint density at radius 3 is 2.50 bits per heavy atom. The maximum atomic E-state index is 11.8. The van der Waals surface area contributed by atoms with Crippen molar-refractivity contribution >= 4 is 11.6 Å². The smallest absolute Gasteiger partial charge is 0.176 e. The largest absolute Gasteiger partial charge is 0.507 e. The van der Waals surface area contributed by atoms with Gasteiger partial charge in [-0.25, -0.2) is 0 Å². The normalized spacial score (nSPS) is 12.0. The van der Waals surface area contributed by atoms with Gasteiger partial charge in [0.1, 0.15) is 24.2 Å². The number of carbonyl (C=O) groups excluding carboxylic acids is 1. The molecule has 0 spiro atoms. The molecule has 0 radical (unpaired) electrons. The van der Waals surface area contributed by atoms with Crippen LogP contribution in [0.1, 0.15) is 64.5 Å². The van der Waals surface area contributed by atoms with Crippen molar-refractivity contribution in [2.45, 2.75) is 39.4 Å². The lowest BCUT2D eigenvalue weighted by Gasteiger charge is -2.16. The molecule has 5 N–H and O–H groups in total. The number of ketones is 1. The van der Waals surface area contributed by atoms with E-state index >= 15 is 0 Å². The third-order valence-corrected chi connectivity index (χ3v) is 5.41. The number of hydrogen-bond acceptors (Lipinski definition) is 6. The van der Waals surface area contributed by atoms with Gasteiger partial charge in [-0.1, -0.05) is 55.0 Å². The van der Waals surface area contributed by atoms with Gasteiger partial charge in [-0.2, -0.15) is 0 Å². The maximum absolute atomic E-state index is 11.8. The molecule has 3 rings (SSSR count). The molecule has 3 aromatic rings. The summed E-state index contributed by atoms with van der Waals surface area (Å²) in [5.41, 5.74) is 3.47. The number of rotatable bonds is 9. The van der Waals surface area contributed by atoms with Gasteiger partial charge in [0.2, 0.25) is 0 Å². The molecule has 3 aromatic carbocycles. The summed E-state index contributed by atoms with van der Waals surface area (Å²) in [6, 6.07) is 17.5. The Morgan fingerprint density at radius 2 is 1.82 bits per heavy atom. The summed E-state index contributed by atoms with van der Waals surface area (Å²) in [5, 5.41) is 36.0. The van der Waals surface area contributed by atoms with Crippen LogP contribution in [0.25, 0.3) is 0 Å². The number of phenolic OH excluding ortho intramolecular Hbond substituents is 1. The van der Waals surface area contributed by atoms with E-state index in [-0.39, 0.29) is 29.5 Å². The highest BCUT2D eigenvalue weighted by atomic mass is 16.5. The van der Waals surface area contributed by atoms with E-state index < -0.39 is 6.10 Å². The van der Waals surface area contributed by atoms with Gasteiger partial charge in [0.15, 0.2) is 11.6 Å². The van der Waals surface area contributed by atoms with Crippen LogP contribution in [0.3, 0.4) is 0 Å². The van der Waals surface area contributed by atoms with E-state index in [9.17, 15) is 15.0 Å². The van der Waals surface area contributed by atoms with E-state index in [0.29, 0.717) is 34.4 Å². The number of aliphatic hydroxyl groups excluding tert-OH is 1. The number of aliphatic hydroxyl groups is 1. The first-order valence-electron chi connectivity index (χ1n) is 10.9. The Labute approximate surface area is 198 Å². The number of aromatic hydroxyl groups is 1. The molecule has 8 heteroatoms. The third-order valence-electron chi connectivity index (χ3n) is 5.41. The van der Waals surface area contributed by atoms with Crippen molar-refractivity contribution in [1.29, 1.82) is 5.41 Å². The van der Waals surface area contributed by atoms with E-state index in [1.807, 2.05) is 31.2 Å². The zero-order valence-electron chi connectivity index (χ0n) is 19.2. The van der Waals surface area contributed by atoms with Crippen molar-refractivity contribution in [3.8, 4) is 11.5 Å². The standard InChI is InChI=1S/C26H28N4O4/c1-3-6-22-23(12-11-21(16(2)31)25(22)33)34-15-17-7-4-8-18(13-17)24(32)19-9-5-10-20(14-19)26(27)29-30-28/h4-5,7-14,24,32-33H,3,6,15H2,1-2H3,(H3,27,28,29). The topological polar surface area (TPSA) is 141 Å². The Morgan fingerprint density at radius 1 is 1.12 bits per heavy atom. The molecule has 0 fully saturated rings. The van der Waals surface area contributed by atoms with Crippen molar-refractivity contribution in [1.82, 2.24) is 0 Å². The Bertz CT molecular complexity index is 1220. The maximum Gasteiger partial charge on any atom is 0.176 e. The van der Waals surface area contributed by atoms with Crippen molar-refractivity contribution in [2.24, 2.45) is 16.2 Å². The number of Topliss-reactive ketones (excluding diaryl/α,β-unsaturated/α-hetero) is 1. The first kappa shape index (κ1) is 24.6. The summed E-state index contributed by atoms with van der Waals surface area (Å²) in [4.78, 5) is 11.8. The lowest BCUT2D eigenvalue weighted by molar-refractivity contribution is 0.101. The lowest BCUT2D eigenvalue weighted by Crippen LogP contribution is -2.05. The van der Waals surface area contributed by atoms with Gasteiger partial charge in [-0.05, 0) is 54.3 Å². The van der Waals surface area contributed by atoms with Crippen molar-refractivity contribution < 1.29 is 19.7 Å². The molecular weight excluding hydrogens is 432 g/mol. The van der Waals surface area contributed by atoms with Crippen molar-refractivity contribution in [2.75, 3.05) is 0 Å². The fourth-order valence-electron chi connectivity index (χ4n) is 3.71. The molecule has 0 saturated carbocycles. The number of nitrogens with zero attached hydrogens (tertiary/aromatic N) is 2. The number of phenols is 1. The molecule has 0 aromatic heterocycles. The molecule has 0 aliphatic carbocycles. The highest BCUT2D eigenvalue weighted by Crippen LogP contribution is 2.33. The average Bonchev–Trinajstić information content (AvgIpc) is 2.84. The molecule has 0 aliphatic heterocycles. The van der Waals surface area contributed by atoms with Crippen LogP contribution in [-0.4, -0.2) is 21.8 Å².